The third-order valence-corrected chi connectivity index (χ3v) is 8.50. The summed E-state index contributed by atoms with van der Waals surface area (Å²) in [6, 6.07) is 16.6. The summed E-state index contributed by atoms with van der Waals surface area (Å²) in [5.41, 5.74) is 2.09. The van der Waals surface area contributed by atoms with E-state index >= 15 is 0 Å². The van der Waals surface area contributed by atoms with Gasteiger partial charge in [0, 0.05) is 43.5 Å². The van der Waals surface area contributed by atoms with Crippen LogP contribution in [0.15, 0.2) is 70.9 Å². The lowest BCUT2D eigenvalue weighted by Crippen LogP contribution is -2.37. The quantitative estimate of drug-likeness (QED) is 0.559. The standard InChI is InChI=1S/C24H25N3O4S2/c1-26(20-5-3-2-4-6-20)33(30,31)21-9-7-18(8-10-21)24(29)25-14-11-23(28)27-15-12-22-19(17-27)13-16-32-22/h2-10,13,16H,11-12,14-15,17H2,1H3,(H,25,29). The molecular formula is C24H25N3O4S2. The Morgan fingerprint density at radius 1 is 1.06 bits per heavy atom. The second-order valence-corrected chi connectivity index (χ2v) is 10.7. The predicted octanol–water partition coefficient (Wildman–Crippen LogP) is 3.28. The lowest BCUT2D eigenvalue weighted by molar-refractivity contribution is -0.131. The van der Waals surface area contributed by atoms with Crippen molar-refractivity contribution in [2.45, 2.75) is 24.3 Å². The molecule has 0 saturated carbocycles. The molecule has 0 saturated heterocycles. The zero-order valence-corrected chi connectivity index (χ0v) is 19.9. The van der Waals surface area contributed by atoms with Crippen LogP contribution in [-0.4, -0.2) is 45.3 Å². The van der Waals surface area contributed by atoms with E-state index in [-0.39, 0.29) is 29.7 Å². The van der Waals surface area contributed by atoms with Gasteiger partial charge in [0.15, 0.2) is 0 Å². The highest BCUT2D eigenvalue weighted by molar-refractivity contribution is 7.92. The van der Waals surface area contributed by atoms with Crippen molar-refractivity contribution in [2.75, 3.05) is 24.4 Å². The highest BCUT2D eigenvalue weighted by Gasteiger charge is 2.23. The van der Waals surface area contributed by atoms with Crippen molar-refractivity contribution >= 4 is 38.9 Å². The molecule has 1 aliphatic rings. The smallest absolute Gasteiger partial charge is 0.264 e. The summed E-state index contributed by atoms with van der Waals surface area (Å²) < 4.78 is 26.9. The van der Waals surface area contributed by atoms with E-state index in [1.165, 1.54) is 46.1 Å². The normalized spacial score (nSPS) is 13.3. The maximum atomic E-state index is 12.9. The van der Waals surface area contributed by atoms with Crippen LogP contribution in [-0.2, 0) is 27.8 Å². The summed E-state index contributed by atoms with van der Waals surface area (Å²) in [5, 5.41) is 4.80. The fourth-order valence-corrected chi connectivity index (χ4v) is 5.80. The number of hydrogen-bond donors (Lipinski definition) is 1. The van der Waals surface area contributed by atoms with Crippen molar-refractivity contribution in [3.63, 3.8) is 0 Å². The Morgan fingerprint density at radius 2 is 1.79 bits per heavy atom. The lowest BCUT2D eigenvalue weighted by atomic mass is 10.1. The van der Waals surface area contributed by atoms with Gasteiger partial charge in [-0.15, -0.1) is 11.3 Å². The molecule has 1 aliphatic heterocycles. The second kappa shape index (κ2) is 9.76. The average molecular weight is 484 g/mol. The molecule has 2 amide bonds. The number of carbonyl (C=O) groups excluding carboxylic acids is 2. The van der Waals surface area contributed by atoms with E-state index in [0.29, 0.717) is 24.3 Å². The Morgan fingerprint density at radius 3 is 2.52 bits per heavy atom. The number of nitrogens with one attached hydrogen (secondary N) is 1. The first kappa shape index (κ1) is 23.0. The highest BCUT2D eigenvalue weighted by atomic mass is 32.2. The zero-order valence-electron chi connectivity index (χ0n) is 18.2. The molecule has 7 nitrogen and oxygen atoms in total. The molecule has 172 valence electrons. The highest BCUT2D eigenvalue weighted by Crippen LogP contribution is 2.24. The Labute approximate surface area is 197 Å². The first-order chi connectivity index (χ1) is 15.9. The fourth-order valence-electron chi connectivity index (χ4n) is 3.72. The number of hydrogen-bond acceptors (Lipinski definition) is 5. The minimum atomic E-state index is -3.74. The van der Waals surface area contributed by atoms with Crippen LogP contribution >= 0.6 is 11.3 Å². The molecule has 1 aromatic heterocycles. The number of sulfonamides is 1. The molecule has 0 fully saturated rings. The Balaban J connectivity index is 1.31. The average Bonchev–Trinajstić information content (AvgIpc) is 3.32. The zero-order chi connectivity index (χ0) is 23.4. The van der Waals surface area contributed by atoms with Gasteiger partial charge in [0.2, 0.25) is 5.91 Å². The van der Waals surface area contributed by atoms with Crippen molar-refractivity contribution < 1.29 is 18.0 Å². The van der Waals surface area contributed by atoms with Crippen LogP contribution in [0.4, 0.5) is 5.69 Å². The number of nitrogens with zero attached hydrogens (tertiary/aromatic N) is 2. The molecule has 0 bridgehead atoms. The molecule has 0 spiro atoms. The monoisotopic (exact) mass is 483 g/mol. The van der Waals surface area contributed by atoms with E-state index in [4.69, 9.17) is 0 Å². The van der Waals surface area contributed by atoms with Gasteiger partial charge in [-0.1, -0.05) is 18.2 Å². The van der Waals surface area contributed by atoms with E-state index < -0.39 is 10.0 Å². The molecule has 4 rings (SSSR count). The molecule has 9 heteroatoms. The summed E-state index contributed by atoms with van der Waals surface area (Å²) in [5.74, 6) is -0.334. The summed E-state index contributed by atoms with van der Waals surface area (Å²) in [6.45, 7) is 1.55. The summed E-state index contributed by atoms with van der Waals surface area (Å²) in [7, 11) is -2.25. The van der Waals surface area contributed by atoms with Gasteiger partial charge in [0.25, 0.3) is 15.9 Å². The predicted molar refractivity (Wildman–Crippen MR) is 129 cm³/mol. The van der Waals surface area contributed by atoms with Crippen LogP contribution in [0.25, 0.3) is 0 Å². The lowest BCUT2D eigenvalue weighted by Gasteiger charge is -2.27. The number of anilines is 1. The maximum Gasteiger partial charge on any atom is 0.264 e. The number of thiophene rings is 1. The molecule has 33 heavy (non-hydrogen) atoms. The van der Waals surface area contributed by atoms with Gasteiger partial charge in [0.05, 0.1) is 10.6 Å². The SMILES string of the molecule is CN(c1ccccc1)S(=O)(=O)c1ccc(C(=O)NCCC(=O)N2CCc3sccc3C2)cc1. The number of rotatable bonds is 7. The van der Waals surface area contributed by atoms with Gasteiger partial charge in [-0.25, -0.2) is 8.42 Å². The van der Waals surface area contributed by atoms with Gasteiger partial charge in [-0.3, -0.25) is 13.9 Å². The first-order valence-electron chi connectivity index (χ1n) is 10.6. The molecule has 2 aromatic carbocycles. The Hall–Kier alpha value is -3.17. The third-order valence-electron chi connectivity index (χ3n) is 5.68. The van der Waals surface area contributed by atoms with E-state index in [1.54, 1.807) is 35.6 Å². The van der Waals surface area contributed by atoms with Crippen molar-refractivity contribution in [3.05, 3.63) is 82.0 Å². The van der Waals surface area contributed by atoms with Gasteiger partial charge >= 0.3 is 0 Å². The molecule has 2 heterocycles. The Bertz CT molecular complexity index is 1240. The van der Waals surface area contributed by atoms with Crippen LogP contribution in [0.5, 0.6) is 0 Å². The van der Waals surface area contributed by atoms with Gasteiger partial charge in [-0.2, -0.15) is 0 Å². The maximum absolute atomic E-state index is 12.9. The van der Waals surface area contributed by atoms with Crippen molar-refractivity contribution in [1.82, 2.24) is 10.2 Å². The number of amides is 2. The van der Waals surface area contributed by atoms with Crippen LogP contribution in [0.1, 0.15) is 27.2 Å². The van der Waals surface area contributed by atoms with Crippen molar-refractivity contribution in [1.29, 1.82) is 0 Å². The number of para-hydroxylation sites is 1. The van der Waals surface area contributed by atoms with Gasteiger partial charge in [-0.05, 0) is 59.8 Å². The van der Waals surface area contributed by atoms with Gasteiger partial charge in [0.1, 0.15) is 0 Å². The van der Waals surface area contributed by atoms with E-state index in [9.17, 15) is 18.0 Å². The summed E-state index contributed by atoms with van der Waals surface area (Å²) >= 11 is 1.73. The largest absolute Gasteiger partial charge is 0.352 e. The molecular weight excluding hydrogens is 458 g/mol. The van der Waals surface area contributed by atoms with Crippen molar-refractivity contribution in [3.8, 4) is 0 Å². The topological polar surface area (TPSA) is 86.8 Å². The summed E-state index contributed by atoms with van der Waals surface area (Å²) in [4.78, 5) is 28.2. The number of fused-ring (bicyclic) bond motifs is 1. The van der Waals surface area contributed by atoms with E-state index in [2.05, 4.69) is 16.8 Å². The fraction of sp³-hybridized carbons (Fsp3) is 0.250. The van der Waals surface area contributed by atoms with Crippen LogP contribution in [0.3, 0.4) is 0 Å². The van der Waals surface area contributed by atoms with E-state index in [0.717, 1.165) is 6.42 Å². The molecule has 0 unspecified atom stereocenters. The second-order valence-electron chi connectivity index (χ2n) is 7.77. The van der Waals surface area contributed by atoms with Crippen LogP contribution in [0.2, 0.25) is 0 Å². The molecule has 1 N–H and O–H groups in total. The van der Waals surface area contributed by atoms with Crippen molar-refractivity contribution in [2.24, 2.45) is 0 Å². The Kier molecular flexibility index (Phi) is 6.80. The number of carbonyl (C=O) groups is 2. The van der Waals surface area contributed by atoms with Gasteiger partial charge < -0.3 is 10.2 Å². The molecule has 3 aromatic rings. The minimum Gasteiger partial charge on any atom is -0.352 e. The number of benzene rings is 2. The molecule has 0 atom stereocenters. The third kappa shape index (κ3) is 5.09. The van der Waals surface area contributed by atoms with Crippen LogP contribution in [0, 0.1) is 0 Å². The molecule has 0 aliphatic carbocycles. The first-order valence-corrected chi connectivity index (χ1v) is 12.9. The summed E-state index contributed by atoms with van der Waals surface area (Å²) in [6.07, 6.45) is 1.10. The molecule has 0 radical (unpaired) electrons. The minimum absolute atomic E-state index is 0.0116. The van der Waals surface area contributed by atoms with Crippen LogP contribution < -0.4 is 9.62 Å². The van der Waals surface area contributed by atoms with E-state index in [1.807, 2.05) is 11.0 Å².